The summed E-state index contributed by atoms with van der Waals surface area (Å²) >= 11 is 0. The van der Waals surface area contributed by atoms with Crippen LogP contribution in [-0.2, 0) is 11.3 Å². The molecule has 1 amide bonds. The molecule has 0 aliphatic carbocycles. The van der Waals surface area contributed by atoms with Crippen LogP contribution in [0.4, 0.5) is 28.0 Å². The molecule has 0 atom stereocenters. The van der Waals surface area contributed by atoms with E-state index in [1.165, 1.54) is 46.0 Å². The number of ether oxygens (including phenoxy) is 1. The van der Waals surface area contributed by atoms with Crippen molar-refractivity contribution in [2.75, 3.05) is 24.5 Å². The first-order valence-corrected chi connectivity index (χ1v) is 13.2. The maximum absolute atomic E-state index is 14.8. The van der Waals surface area contributed by atoms with E-state index in [0.717, 1.165) is 6.07 Å². The van der Waals surface area contributed by atoms with Gasteiger partial charge in [0.1, 0.15) is 22.9 Å². The Labute approximate surface area is 237 Å². The molecule has 0 saturated carbocycles. The lowest BCUT2D eigenvalue weighted by Gasteiger charge is -2.37. The number of aromatic nitrogens is 2. The number of aromatic carboxylic acids is 1. The molecule has 3 aromatic carbocycles. The van der Waals surface area contributed by atoms with E-state index in [0.29, 0.717) is 62.0 Å². The summed E-state index contributed by atoms with van der Waals surface area (Å²) in [6.45, 7) is 1.63. The number of halogens is 4. The fourth-order valence-corrected chi connectivity index (χ4v) is 5.41. The van der Waals surface area contributed by atoms with Crippen LogP contribution < -0.4 is 4.90 Å². The van der Waals surface area contributed by atoms with Crippen LogP contribution >= 0.6 is 0 Å². The molecular formula is C30H24F4N4O4. The van der Waals surface area contributed by atoms with Crippen LogP contribution in [0, 0.1) is 23.3 Å². The smallest absolute Gasteiger partial charge is 0.415 e. The van der Waals surface area contributed by atoms with E-state index in [4.69, 9.17) is 9.84 Å². The Morgan fingerprint density at radius 1 is 0.905 bits per heavy atom. The van der Waals surface area contributed by atoms with E-state index in [1.807, 2.05) is 0 Å². The summed E-state index contributed by atoms with van der Waals surface area (Å²) in [6.07, 6.45) is 2.14. The zero-order valence-corrected chi connectivity index (χ0v) is 22.1. The van der Waals surface area contributed by atoms with Crippen LogP contribution in [0.5, 0.6) is 0 Å². The minimum absolute atomic E-state index is 0.111. The number of hydrogen-bond acceptors (Lipinski definition) is 5. The molecule has 1 spiro atoms. The second-order valence-corrected chi connectivity index (χ2v) is 10.4. The number of piperidine rings is 1. The molecule has 2 fully saturated rings. The van der Waals surface area contributed by atoms with Gasteiger partial charge < -0.3 is 9.84 Å². The number of rotatable bonds is 6. The monoisotopic (exact) mass is 580 g/mol. The molecule has 4 aromatic rings. The average Bonchev–Trinajstić information content (AvgIpc) is 3.53. The number of hydrogen-bond donors (Lipinski definition) is 1. The Balaban J connectivity index is 1.21. The molecule has 3 heterocycles. The highest BCUT2D eigenvalue weighted by Gasteiger charge is 2.47. The highest BCUT2D eigenvalue weighted by molar-refractivity contribution is 5.92. The van der Waals surface area contributed by atoms with Crippen molar-refractivity contribution >= 4 is 17.7 Å². The van der Waals surface area contributed by atoms with Crippen molar-refractivity contribution < 1.29 is 37.0 Å². The van der Waals surface area contributed by atoms with Crippen LogP contribution in [0.2, 0.25) is 0 Å². The molecule has 42 heavy (non-hydrogen) atoms. The van der Waals surface area contributed by atoms with Crippen LogP contribution in [0.15, 0.2) is 66.9 Å². The predicted molar refractivity (Wildman–Crippen MR) is 143 cm³/mol. The Morgan fingerprint density at radius 2 is 1.55 bits per heavy atom. The second-order valence-electron chi connectivity index (χ2n) is 10.4. The molecule has 2 aliphatic rings. The highest BCUT2D eigenvalue weighted by atomic mass is 19.2. The van der Waals surface area contributed by atoms with Gasteiger partial charge in [-0.1, -0.05) is 0 Å². The number of anilines is 1. The number of nitrogens with zero attached hydrogens (tertiary/aromatic N) is 4. The van der Waals surface area contributed by atoms with E-state index in [1.54, 1.807) is 18.3 Å². The molecule has 6 rings (SSSR count). The molecule has 2 aliphatic heterocycles. The minimum atomic E-state index is -1.31. The van der Waals surface area contributed by atoms with Crippen LogP contribution in [0.25, 0.3) is 16.9 Å². The maximum Gasteiger partial charge on any atom is 0.415 e. The van der Waals surface area contributed by atoms with Gasteiger partial charge in [0, 0.05) is 61.6 Å². The summed E-state index contributed by atoms with van der Waals surface area (Å²) in [6, 6.07) is 12.7. The standard InChI is InChI=1S/C30H24F4N4O4/c31-20-3-7-22(8-4-20)38-16-19(27(35-38)23-13-25(33)26(34)14-24(23)32)15-36-11-9-30(10-12-36)17-37(29(41)42-30)21-5-1-18(2-6-21)28(39)40/h1-8,13-14,16H,9-12,15,17H2,(H,39,40). The topological polar surface area (TPSA) is 87.9 Å². The van der Waals surface area contributed by atoms with Gasteiger partial charge in [-0.25, -0.2) is 31.8 Å². The van der Waals surface area contributed by atoms with Crippen molar-refractivity contribution in [1.29, 1.82) is 0 Å². The first kappa shape index (κ1) is 27.5. The first-order chi connectivity index (χ1) is 20.1. The summed E-state index contributed by atoms with van der Waals surface area (Å²) in [4.78, 5) is 27.4. The lowest BCUT2D eigenvalue weighted by molar-refractivity contribution is -0.000945. The van der Waals surface area contributed by atoms with Gasteiger partial charge in [0.2, 0.25) is 0 Å². The molecule has 0 unspecified atom stereocenters. The van der Waals surface area contributed by atoms with Gasteiger partial charge in [0.05, 0.1) is 17.8 Å². The van der Waals surface area contributed by atoms with E-state index in [2.05, 4.69) is 10.00 Å². The van der Waals surface area contributed by atoms with E-state index >= 15 is 0 Å². The van der Waals surface area contributed by atoms with Crippen molar-refractivity contribution in [3.63, 3.8) is 0 Å². The number of carboxylic acids is 1. The van der Waals surface area contributed by atoms with Gasteiger partial charge in [-0.05, 0) is 54.6 Å². The number of carbonyl (C=O) groups is 2. The van der Waals surface area contributed by atoms with E-state index in [-0.39, 0.29) is 16.8 Å². The van der Waals surface area contributed by atoms with E-state index in [9.17, 15) is 27.2 Å². The molecule has 1 N–H and O–H groups in total. The average molecular weight is 581 g/mol. The maximum atomic E-state index is 14.8. The van der Waals surface area contributed by atoms with E-state index < -0.39 is 40.9 Å². The summed E-state index contributed by atoms with van der Waals surface area (Å²) in [5.41, 5.74) is 0.886. The Bertz CT molecular complexity index is 1670. The predicted octanol–water partition coefficient (Wildman–Crippen LogP) is 5.79. The van der Waals surface area contributed by atoms with Crippen molar-refractivity contribution in [1.82, 2.24) is 14.7 Å². The third-order valence-corrected chi connectivity index (χ3v) is 7.70. The normalized spacial score (nSPS) is 16.7. The van der Waals surface area contributed by atoms with Crippen molar-refractivity contribution in [2.24, 2.45) is 0 Å². The lowest BCUT2D eigenvalue weighted by atomic mass is 9.91. The van der Waals surface area contributed by atoms with Gasteiger partial charge in [-0.15, -0.1) is 0 Å². The summed E-state index contributed by atoms with van der Waals surface area (Å²) in [5, 5.41) is 13.6. The van der Waals surface area contributed by atoms with Gasteiger partial charge in [0.15, 0.2) is 11.6 Å². The number of likely N-dealkylation sites (tertiary alicyclic amines) is 1. The lowest BCUT2D eigenvalue weighted by Crippen LogP contribution is -2.46. The Kier molecular flexibility index (Phi) is 6.93. The largest absolute Gasteiger partial charge is 0.478 e. The quantitative estimate of drug-likeness (QED) is 0.230. The number of carboxylic acid groups (broad SMARTS) is 1. The van der Waals surface area contributed by atoms with Gasteiger partial charge in [0.25, 0.3) is 0 Å². The molecule has 1 aromatic heterocycles. The second kappa shape index (κ2) is 10.6. The van der Waals surface area contributed by atoms with Gasteiger partial charge in [-0.2, -0.15) is 5.10 Å². The molecule has 12 heteroatoms. The Hall–Kier alpha value is -4.71. The summed E-state index contributed by atoms with van der Waals surface area (Å²) < 4.78 is 63.3. The van der Waals surface area contributed by atoms with Crippen molar-refractivity contribution in [3.05, 3.63) is 101 Å². The number of benzene rings is 3. The number of amides is 1. The molecule has 2 saturated heterocycles. The zero-order chi connectivity index (χ0) is 29.6. The third-order valence-electron chi connectivity index (χ3n) is 7.70. The summed E-state index contributed by atoms with van der Waals surface area (Å²) in [7, 11) is 0. The number of carbonyl (C=O) groups excluding carboxylic acids is 1. The Morgan fingerprint density at radius 3 is 2.21 bits per heavy atom. The van der Waals surface area contributed by atoms with Crippen LogP contribution in [0.3, 0.4) is 0 Å². The minimum Gasteiger partial charge on any atom is -0.478 e. The van der Waals surface area contributed by atoms with Crippen molar-refractivity contribution in [3.8, 4) is 16.9 Å². The molecule has 0 radical (unpaired) electrons. The molecular weight excluding hydrogens is 556 g/mol. The fourth-order valence-electron chi connectivity index (χ4n) is 5.41. The zero-order valence-electron chi connectivity index (χ0n) is 22.1. The molecule has 8 nitrogen and oxygen atoms in total. The SMILES string of the molecule is O=C(O)c1ccc(N2CC3(CCN(Cc4cn(-c5ccc(F)cc5)nc4-c4cc(F)c(F)cc4F)CC3)OC2=O)cc1. The molecule has 216 valence electrons. The van der Waals surface area contributed by atoms with Crippen LogP contribution in [-0.4, -0.2) is 57.1 Å². The third kappa shape index (κ3) is 5.20. The van der Waals surface area contributed by atoms with Gasteiger partial charge >= 0.3 is 12.1 Å². The first-order valence-electron chi connectivity index (χ1n) is 13.2. The van der Waals surface area contributed by atoms with Gasteiger partial charge in [-0.3, -0.25) is 9.80 Å². The highest BCUT2D eigenvalue weighted by Crippen LogP contribution is 2.37. The van der Waals surface area contributed by atoms with Crippen LogP contribution in [0.1, 0.15) is 28.8 Å². The van der Waals surface area contributed by atoms with Crippen molar-refractivity contribution in [2.45, 2.75) is 25.0 Å². The fraction of sp³-hybridized carbons (Fsp3) is 0.233. The summed E-state index contributed by atoms with van der Waals surface area (Å²) in [5.74, 6) is -4.99. The molecule has 0 bridgehead atoms.